The number of carbonyl (C=O) groups excluding carboxylic acids is 1. The smallest absolute Gasteiger partial charge is 0.143 e. The second kappa shape index (κ2) is 5.58. The van der Waals surface area contributed by atoms with Gasteiger partial charge in [-0.3, -0.25) is 4.79 Å². The lowest BCUT2D eigenvalue weighted by Gasteiger charge is -2.41. The van der Waals surface area contributed by atoms with Gasteiger partial charge in [0.05, 0.1) is 0 Å². The van der Waals surface area contributed by atoms with Gasteiger partial charge in [0, 0.05) is 5.41 Å². The molecule has 1 heteroatoms. The van der Waals surface area contributed by atoms with Crippen molar-refractivity contribution in [3.05, 3.63) is 46.1 Å². The van der Waals surface area contributed by atoms with Crippen LogP contribution in [0.1, 0.15) is 73.6 Å². The van der Waals surface area contributed by atoms with E-state index in [0.717, 1.165) is 18.3 Å². The summed E-state index contributed by atoms with van der Waals surface area (Å²) in [5.41, 5.74) is 8.48. The van der Waals surface area contributed by atoms with Crippen LogP contribution in [0.3, 0.4) is 0 Å². The number of hydrogen-bond donors (Lipinski definition) is 0. The van der Waals surface area contributed by atoms with E-state index >= 15 is 0 Å². The van der Waals surface area contributed by atoms with E-state index in [1.165, 1.54) is 36.8 Å². The van der Waals surface area contributed by atoms with Crippen molar-refractivity contribution in [3.63, 3.8) is 0 Å². The molecule has 0 aliphatic heterocycles. The second-order valence-electron chi connectivity index (χ2n) is 9.63. The molecule has 0 aromatic heterocycles. The zero-order chi connectivity index (χ0) is 17.8. The number of allylic oxidation sites excluding steroid dienone is 8. The number of hydrogen-bond acceptors (Lipinski definition) is 1. The average Bonchev–Trinajstić information content (AvgIpc) is 3.00. The van der Waals surface area contributed by atoms with Gasteiger partial charge in [-0.1, -0.05) is 56.6 Å². The molecule has 0 unspecified atom stereocenters. The van der Waals surface area contributed by atoms with E-state index in [1.807, 2.05) is 6.92 Å². The lowest BCUT2D eigenvalue weighted by atomic mass is 9.64. The zero-order valence-electron chi connectivity index (χ0n) is 16.3. The van der Waals surface area contributed by atoms with Crippen molar-refractivity contribution in [1.29, 1.82) is 0 Å². The fraction of sp³-hybridized carbons (Fsp3) is 0.609. The Morgan fingerprint density at radius 2 is 1.54 bits per heavy atom. The molecule has 0 saturated heterocycles. The van der Waals surface area contributed by atoms with Crippen molar-refractivity contribution >= 4 is 6.29 Å². The molecule has 1 spiro atoms. The molecule has 3 aliphatic carbocycles. The molecule has 0 saturated carbocycles. The van der Waals surface area contributed by atoms with E-state index in [-0.39, 0.29) is 0 Å². The van der Waals surface area contributed by atoms with Crippen molar-refractivity contribution < 1.29 is 4.79 Å². The van der Waals surface area contributed by atoms with Crippen LogP contribution in [0.2, 0.25) is 0 Å². The third kappa shape index (κ3) is 2.76. The summed E-state index contributed by atoms with van der Waals surface area (Å²) in [6.45, 7) is 14.1. The van der Waals surface area contributed by atoms with Crippen LogP contribution in [0.15, 0.2) is 46.1 Å². The molecular weight excluding hydrogens is 292 g/mol. The predicted octanol–water partition coefficient (Wildman–Crippen LogP) is 6.33. The van der Waals surface area contributed by atoms with Gasteiger partial charge in [0.25, 0.3) is 0 Å². The normalized spacial score (nSPS) is 29.2. The first-order chi connectivity index (χ1) is 11.1. The van der Waals surface area contributed by atoms with Crippen LogP contribution in [-0.2, 0) is 4.79 Å². The fourth-order valence-corrected chi connectivity index (χ4v) is 5.13. The van der Waals surface area contributed by atoms with Gasteiger partial charge in [0.1, 0.15) is 6.29 Å². The Morgan fingerprint density at radius 1 is 1.00 bits per heavy atom. The van der Waals surface area contributed by atoms with Gasteiger partial charge in [0.2, 0.25) is 0 Å². The molecule has 3 aliphatic rings. The zero-order valence-corrected chi connectivity index (χ0v) is 16.3. The van der Waals surface area contributed by atoms with Crippen molar-refractivity contribution in [2.75, 3.05) is 0 Å². The van der Waals surface area contributed by atoms with Gasteiger partial charge in [-0.25, -0.2) is 0 Å². The molecule has 24 heavy (non-hydrogen) atoms. The van der Waals surface area contributed by atoms with Gasteiger partial charge in [-0.2, -0.15) is 0 Å². The molecule has 0 aromatic rings. The van der Waals surface area contributed by atoms with Crippen LogP contribution in [0.25, 0.3) is 0 Å². The Labute approximate surface area is 147 Å². The highest BCUT2D eigenvalue weighted by molar-refractivity contribution is 5.67. The topological polar surface area (TPSA) is 17.1 Å². The average molecular weight is 325 g/mol. The Morgan fingerprint density at radius 3 is 2.04 bits per heavy atom. The predicted molar refractivity (Wildman–Crippen MR) is 102 cm³/mol. The van der Waals surface area contributed by atoms with Crippen molar-refractivity contribution in [3.8, 4) is 0 Å². The third-order valence-corrected chi connectivity index (χ3v) is 6.93. The SMILES string of the molecule is CC1=C/C(=C/C(C)=C/C=O)CC12CC1=C(C2)C(C)(C)CCC1(C)C. The van der Waals surface area contributed by atoms with E-state index in [1.54, 1.807) is 17.2 Å². The van der Waals surface area contributed by atoms with E-state index in [4.69, 9.17) is 0 Å². The minimum Gasteiger partial charge on any atom is -0.299 e. The maximum atomic E-state index is 10.7. The first-order valence-corrected chi connectivity index (χ1v) is 9.34. The molecule has 0 bridgehead atoms. The highest BCUT2D eigenvalue weighted by Crippen LogP contribution is 2.64. The molecule has 0 amide bonds. The summed E-state index contributed by atoms with van der Waals surface area (Å²) < 4.78 is 0. The summed E-state index contributed by atoms with van der Waals surface area (Å²) in [6, 6.07) is 0. The highest BCUT2D eigenvalue weighted by Gasteiger charge is 2.51. The first kappa shape index (κ1) is 17.5. The Hall–Kier alpha value is -1.37. The minimum atomic E-state index is 0.302. The summed E-state index contributed by atoms with van der Waals surface area (Å²) in [7, 11) is 0. The monoisotopic (exact) mass is 324 g/mol. The highest BCUT2D eigenvalue weighted by atomic mass is 16.1. The van der Waals surface area contributed by atoms with Crippen LogP contribution in [0.5, 0.6) is 0 Å². The van der Waals surface area contributed by atoms with Crippen LogP contribution < -0.4 is 0 Å². The Balaban J connectivity index is 1.93. The molecule has 0 atom stereocenters. The Bertz CT molecular complexity index is 664. The standard InChI is InChI=1S/C23H32O/c1-16(7-10-24)11-18-12-17(2)23(13-18)14-19-20(15-23)22(5,6)9-8-21(19,3)4/h7,10-12H,8-9,13-15H2,1-6H3/b16-7+,18-11-. The lowest BCUT2D eigenvalue weighted by molar-refractivity contribution is -0.104. The third-order valence-electron chi connectivity index (χ3n) is 6.93. The van der Waals surface area contributed by atoms with Crippen LogP contribution in [-0.4, -0.2) is 6.29 Å². The summed E-state index contributed by atoms with van der Waals surface area (Å²) in [5.74, 6) is 0. The quantitative estimate of drug-likeness (QED) is 0.329. The summed E-state index contributed by atoms with van der Waals surface area (Å²) in [6.07, 6.45) is 13.3. The summed E-state index contributed by atoms with van der Waals surface area (Å²) in [4.78, 5) is 10.7. The van der Waals surface area contributed by atoms with Gasteiger partial charge < -0.3 is 0 Å². The molecular formula is C23H32O. The van der Waals surface area contributed by atoms with E-state index in [9.17, 15) is 4.79 Å². The van der Waals surface area contributed by atoms with Gasteiger partial charge in [-0.15, -0.1) is 0 Å². The maximum Gasteiger partial charge on any atom is 0.143 e. The maximum absolute atomic E-state index is 10.7. The number of rotatable bonds is 2. The molecule has 0 radical (unpaired) electrons. The van der Waals surface area contributed by atoms with Gasteiger partial charge >= 0.3 is 0 Å². The van der Waals surface area contributed by atoms with Gasteiger partial charge in [-0.05, 0) is 74.0 Å². The van der Waals surface area contributed by atoms with Crippen molar-refractivity contribution in [1.82, 2.24) is 0 Å². The summed E-state index contributed by atoms with van der Waals surface area (Å²) >= 11 is 0. The van der Waals surface area contributed by atoms with Crippen LogP contribution >= 0.6 is 0 Å². The van der Waals surface area contributed by atoms with E-state index in [0.29, 0.717) is 16.2 Å². The van der Waals surface area contributed by atoms with E-state index < -0.39 is 0 Å². The minimum absolute atomic E-state index is 0.302. The molecule has 0 N–H and O–H groups in total. The molecule has 0 aromatic carbocycles. The molecule has 130 valence electrons. The Kier molecular flexibility index (Phi) is 4.06. The van der Waals surface area contributed by atoms with Crippen LogP contribution in [0.4, 0.5) is 0 Å². The van der Waals surface area contributed by atoms with Gasteiger partial charge in [0.15, 0.2) is 0 Å². The van der Waals surface area contributed by atoms with Crippen molar-refractivity contribution in [2.45, 2.75) is 73.6 Å². The van der Waals surface area contributed by atoms with Crippen LogP contribution in [0, 0.1) is 16.2 Å². The first-order valence-electron chi connectivity index (χ1n) is 9.34. The molecule has 0 fully saturated rings. The molecule has 1 nitrogen and oxygen atoms in total. The summed E-state index contributed by atoms with van der Waals surface area (Å²) in [5, 5.41) is 0. The van der Waals surface area contributed by atoms with E-state index in [2.05, 4.69) is 46.8 Å². The van der Waals surface area contributed by atoms with Crippen molar-refractivity contribution in [2.24, 2.45) is 16.2 Å². The molecule has 0 heterocycles. The number of aldehydes is 1. The second-order valence-corrected chi connectivity index (χ2v) is 9.63. The molecule has 3 rings (SSSR count). The fourth-order valence-electron chi connectivity index (χ4n) is 5.13. The number of carbonyl (C=O) groups is 1. The largest absolute Gasteiger partial charge is 0.299 e. The lowest BCUT2D eigenvalue weighted by Crippen LogP contribution is -2.28.